The number of hydrogen-bond donors (Lipinski definition) is 1. The van der Waals surface area contributed by atoms with E-state index in [0.717, 1.165) is 17.3 Å². The number of nitro benzene ring substituents is 1. The molecule has 1 atom stereocenters. The van der Waals surface area contributed by atoms with Crippen LogP contribution in [0.2, 0.25) is 0 Å². The van der Waals surface area contributed by atoms with Gasteiger partial charge in [-0.2, -0.15) is 0 Å². The van der Waals surface area contributed by atoms with Crippen LogP contribution in [0.15, 0.2) is 64.2 Å². The Bertz CT molecular complexity index is 961. The monoisotopic (exact) mass is 398 g/mol. The molecule has 0 radical (unpaired) electrons. The van der Waals surface area contributed by atoms with E-state index in [1.54, 1.807) is 12.1 Å². The fourth-order valence-electron chi connectivity index (χ4n) is 2.48. The smallest absolute Gasteiger partial charge is 0.277 e. The van der Waals surface area contributed by atoms with Crippen LogP contribution in [0.5, 0.6) is 0 Å². The van der Waals surface area contributed by atoms with Crippen molar-refractivity contribution < 1.29 is 14.1 Å². The average molecular weight is 398 g/mol. The minimum Gasteiger partial charge on any atom is -0.411 e. The molecule has 0 saturated carbocycles. The second kappa shape index (κ2) is 9.14. The zero-order valence-corrected chi connectivity index (χ0v) is 15.9. The predicted octanol–water partition coefficient (Wildman–Crippen LogP) is 3.66. The van der Waals surface area contributed by atoms with Crippen LogP contribution >= 0.6 is 11.8 Å². The normalized spacial score (nSPS) is 11.8. The quantitative estimate of drug-likeness (QED) is 0.350. The summed E-state index contributed by atoms with van der Waals surface area (Å²) < 4.78 is 5.49. The van der Waals surface area contributed by atoms with Crippen molar-refractivity contribution >= 4 is 23.4 Å². The first-order valence-corrected chi connectivity index (χ1v) is 9.54. The van der Waals surface area contributed by atoms with Crippen molar-refractivity contribution in [2.75, 3.05) is 12.3 Å². The maximum atomic E-state index is 12.1. The molecule has 1 amide bonds. The van der Waals surface area contributed by atoms with Crippen molar-refractivity contribution in [2.45, 2.75) is 18.1 Å². The number of hydrogen-bond acceptors (Lipinski definition) is 7. The van der Waals surface area contributed by atoms with E-state index in [4.69, 9.17) is 4.42 Å². The number of carbonyl (C=O) groups is 1. The third-order valence-corrected chi connectivity index (χ3v) is 4.83. The minimum absolute atomic E-state index is 0.0585. The molecule has 0 spiro atoms. The van der Waals surface area contributed by atoms with E-state index in [2.05, 4.69) is 15.5 Å². The van der Waals surface area contributed by atoms with Crippen molar-refractivity contribution in [1.29, 1.82) is 0 Å². The third kappa shape index (κ3) is 5.17. The number of benzene rings is 2. The standard InChI is InChI=1S/C19H18N4O4S/c1-13(14-6-3-2-4-7-14)11-20-17(24)12-28-19-22-21-18(27-19)15-8-5-9-16(10-15)23(25)26/h2-10,13H,11-12H2,1H3,(H,20,24)/t13-/m1/s1. The Labute approximate surface area is 165 Å². The fourth-order valence-corrected chi connectivity index (χ4v) is 3.07. The van der Waals surface area contributed by atoms with Crippen LogP contribution in [0.25, 0.3) is 11.5 Å². The minimum atomic E-state index is -0.490. The number of non-ortho nitro benzene ring substituents is 1. The van der Waals surface area contributed by atoms with Gasteiger partial charge in [0.25, 0.3) is 10.9 Å². The van der Waals surface area contributed by atoms with E-state index in [0.29, 0.717) is 12.1 Å². The van der Waals surface area contributed by atoms with Gasteiger partial charge >= 0.3 is 0 Å². The number of carbonyl (C=O) groups excluding carboxylic acids is 1. The van der Waals surface area contributed by atoms with E-state index in [-0.39, 0.29) is 34.4 Å². The summed E-state index contributed by atoms with van der Waals surface area (Å²) in [5.41, 5.74) is 1.56. The zero-order chi connectivity index (χ0) is 19.9. The van der Waals surface area contributed by atoms with E-state index >= 15 is 0 Å². The molecular weight excluding hydrogens is 380 g/mol. The summed E-state index contributed by atoms with van der Waals surface area (Å²) in [7, 11) is 0. The van der Waals surface area contributed by atoms with Crippen LogP contribution < -0.4 is 5.32 Å². The van der Waals surface area contributed by atoms with Crippen LogP contribution in [0.3, 0.4) is 0 Å². The molecule has 3 rings (SSSR count). The molecule has 0 aliphatic carbocycles. The molecule has 1 heterocycles. The van der Waals surface area contributed by atoms with Crippen LogP contribution in [0.4, 0.5) is 5.69 Å². The SMILES string of the molecule is C[C@H](CNC(=O)CSc1nnc(-c2cccc([N+](=O)[O-])c2)o1)c1ccccc1. The lowest BCUT2D eigenvalue weighted by Gasteiger charge is -2.12. The highest BCUT2D eigenvalue weighted by Gasteiger charge is 2.14. The lowest BCUT2D eigenvalue weighted by molar-refractivity contribution is -0.384. The van der Waals surface area contributed by atoms with Crippen LogP contribution in [0.1, 0.15) is 18.4 Å². The summed E-state index contributed by atoms with van der Waals surface area (Å²) >= 11 is 1.12. The molecule has 3 aromatic rings. The Hall–Kier alpha value is -3.20. The van der Waals surface area contributed by atoms with E-state index in [1.165, 1.54) is 12.1 Å². The average Bonchev–Trinajstić information content (AvgIpc) is 3.20. The Morgan fingerprint density at radius 1 is 1.21 bits per heavy atom. The molecule has 144 valence electrons. The molecule has 0 bridgehead atoms. The molecule has 0 saturated heterocycles. The molecule has 0 fully saturated rings. The fraction of sp³-hybridized carbons (Fsp3) is 0.211. The summed E-state index contributed by atoms with van der Waals surface area (Å²) in [6.07, 6.45) is 0. The predicted molar refractivity (Wildman–Crippen MR) is 105 cm³/mol. The van der Waals surface area contributed by atoms with Gasteiger partial charge < -0.3 is 9.73 Å². The summed E-state index contributed by atoms with van der Waals surface area (Å²) in [5.74, 6) is 0.379. The van der Waals surface area contributed by atoms with Crippen LogP contribution in [0, 0.1) is 10.1 Å². The topological polar surface area (TPSA) is 111 Å². The third-order valence-electron chi connectivity index (χ3n) is 4.01. The van der Waals surface area contributed by atoms with Gasteiger partial charge in [0.2, 0.25) is 11.8 Å². The molecule has 1 aromatic heterocycles. The molecule has 0 aliphatic rings. The Kier molecular flexibility index (Phi) is 6.38. The van der Waals surface area contributed by atoms with Gasteiger partial charge in [0, 0.05) is 24.2 Å². The maximum Gasteiger partial charge on any atom is 0.277 e. The number of amides is 1. The van der Waals surface area contributed by atoms with Crippen LogP contribution in [-0.4, -0.2) is 33.3 Å². The molecular formula is C19H18N4O4S. The molecule has 0 unspecified atom stereocenters. The molecule has 0 aliphatic heterocycles. The first-order chi connectivity index (χ1) is 13.5. The van der Waals surface area contributed by atoms with Crippen molar-refractivity contribution in [3.05, 3.63) is 70.3 Å². The highest BCUT2D eigenvalue weighted by molar-refractivity contribution is 7.99. The van der Waals surface area contributed by atoms with Gasteiger partial charge in [-0.3, -0.25) is 14.9 Å². The molecule has 2 aromatic carbocycles. The van der Waals surface area contributed by atoms with Gasteiger partial charge in [0.15, 0.2) is 0 Å². The number of nitro groups is 1. The van der Waals surface area contributed by atoms with Gasteiger partial charge in [0.05, 0.1) is 10.7 Å². The van der Waals surface area contributed by atoms with Gasteiger partial charge in [-0.15, -0.1) is 10.2 Å². The van der Waals surface area contributed by atoms with Gasteiger partial charge in [-0.25, -0.2) is 0 Å². The summed E-state index contributed by atoms with van der Waals surface area (Å²) in [6, 6.07) is 15.9. The maximum absolute atomic E-state index is 12.1. The second-order valence-corrected chi connectivity index (χ2v) is 7.01. The molecule has 28 heavy (non-hydrogen) atoms. The highest BCUT2D eigenvalue weighted by atomic mass is 32.2. The van der Waals surface area contributed by atoms with Crippen LogP contribution in [-0.2, 0) is 4.79 Å². The number of rotatable bonds is 8. The van der Waals surface area contributed by atoms with E-state index in [9.17, 15) is 14.9 Å². The highest BCUT2D eigenvalue weighted by Crippen LogP contribution is 2.25. The molecule has 1 N–H and O–H groups in total. The first kappa shape index (κ1) is 19.6. The zero-order valence-electron chi connectivity index (χ0n) is 15.1. The van der Waals surface area contributed by atoms with E-state index in [1.807, 2.05) is 37.3 Å². The van der Waals surface area contributed by atoms with Crippen molar-refractivity contribution in [3.63, 3.8) is 0 Å². The summed E-state index contributed by atoms with van der Waals surface area (Å²) in [4.78, 5) is 22.4. The summed E-state index contributed by atoms with van der Waals surface area (Å²) in [6.45, 7) is 2.58. The van der Waals surface area contributed by atoms with Crippen molar-refractivity contribution in [1.82, 2.24) is 15.5 Å². The lowest BCUT2D eigenvalue weighted by atomic mass is 10.0. The largest absolute Gasteiger partial charge is 0.411 e. The Morgan fingerprint density at radius 3 is 2.75 bits per heavy atom. The van der Waals surface area contributed by atoms with Crippen molar-refractivity contribution in [2.24, 2.45) is 0 Å². The second-order valence-electron chi connectivity index (χ2n) is 6.09. The summed E-state index contributed by atoms with van der Waals surface area (Å²) in [5, 5.41) is 21.7. The van der Waals surface area contributed by atoms with Gasteiger partial charge in [-0.1, -0.05) is 55.1 Å². The molecule has 9 heteroatoms. The van der Waals surface area contributed by atoms with Crippen molar-refractivity contribution in [3.8, 4) is 11.5 Å². The van der Waals surface area contributed by atoms with Gasteiger partial charge in [-0.05, 0) is 17.5 Å². The Balaban J connectivity index is 1.51. The van der Waals surface area contributed by atoms with E-state index < -0.39 is 4.92 Å². The Morgan fingerprint density at radius 2 is 2.00 bits per heavy atom. The number of nitrogens with one attached hydrogen (secondary N) is 1. The number of thioether (sulfide) groups is 1. The van der Waals surface area contributed by atoms with Gasteiger partial charge in [0.1, 0.15) is 0 Å². The number of aromatic nitrogens is 2. The number of nitrogens with zero attached hydrogens (tertiary/aromatic N) is 3. The molecule has 8 nitrogen and oxygen atoms in total. The lowest BCUT2D eigenvalue weighted by Crippen LogP contribution is -2.28. The first-order valence-electron chi connectivity index (χ1n) is 8.55.